The van der Waals surface area contributed by atoms with Gasteiger partial charge in [0.15, 0.2) is 0 Å². The number of amides is 1. The molecule has 1 N–H and O–H groups in total. The Balaban J connectivity index is 1.54. The van der Waals surface area contributed by atoms with Gasteiger partial charge in [0, 0.05) is 31.9 Å². The molecule has 2 aromatic rings. The predicted molar refractivity (Wildman–Crippen MR) is 94.8 cm³/mol. The number of benzene rings is 2. The van der Waals surface area contributed by atoms with Crippen molar-refractivity contribution in [3.63, 3.8) is 0 Å². The molecular formula is C19H18F2N4O. The highest BCUT2D eigenvalue weighted by atomic mass is 19.1. The van der Waals surface area contributed by atoms with Crippen LogP contribution in [-0.2, 0) is 4.79 Å². The molecule has 0 radical (unpaired) electrons. The normalized spacial score (nSPS) is 14.7. The fourth-order valence-corrected chi connectivity index (χ4v) is 2.97. The molecule has 0 atom stereocenters. The molecule has 134 valence electrons. The Kier molecular flexibility index (Phi) is 5.44. The molecule has 1 fully saturated rings. The molecule has 1 saturated heterocycles. The van der Waals surface area contributed by atoms with E-state index in [9.17, 15) is 13.6 Å². The first-order chi connectivity index (χ1) is 12.6. The van der Waals surface area contributed by atoms with Crippen molar-refractivity contribution in [1.82, 2.24) is 4.90 Å². The van der Waals surface area contributed by atoms with Gasteiger partial charge >= 0.3 is 0 Å². The number of carbonyl (C=O) groups excluding carboxylic acids is 1. The van der Waals surface area contributed by atoms with Crippen LogP contribution in [0.25, 0.3) is 0 Å². The number of nitrogens with zero attached hydrogens (tertiary/aromatic N) is 3. The third-order valence-corrected chi connectivity index (χ3v) is 4.31. The van der Waals surface area contributed by atoms with E-state index in [0.717, 1.165) is 0 Å². The van der Waals surface area contributed by atoms with Crippen LogP contribution in [0.4, 0.5) is 20.2 Å². The molecule has 0 aliphatic carbocycles. The molecule has 1 aliphatic heterocycles. The molecule has 0 spiro atoms. The van der Waals surface area contributed by atoms with Gasteiger partial charge in [0.2, 0.25) is 5.91 Å². The van der Waals surface area contributed by atoms with Crippen LogP contribution in [0, 0.1) is 23.0 Å². The lowest BCUT2D eigenvalue weighted by Crippen LogP contribution is -2.48. The van der Waals surface area contributed by atoms with Crippen molar-refractivity contribution in [3.05, 3.63) is 59.7 Å². The molecular weight excluding hydrogens is 338 g/mol. The number of anilines is 2. The van der Waals surface area contributed by atoms with Crippen molar-refractivity contribution < 1.29 is 13.6 Å². The minimum atomic E-state index is -0.522. The van der Waals surface area contributed by atoms with Crippen LogP contribution >= 0.6 is 0 Å². The van der Waals surface area contributed by atoms with Crippen LogP contribution < -0.4 is 10.2 Å². The van der Waals surface area contributed by atoms with Crippen LogP contribution in [0.15, 0.2) is 42.5 Å². The second-order valence-electron chi connectivity index (χ2n) is 6.06. The van der Waals surface area contributed by atoms with Gasteiger partial charge in [-0.25, -0.2) is 8.78 Å². The summed E-state index contributed by atoms with van der Waals surface area (Å²) in [5.41, 5.74) is 1.19. The van der Waals surface area contributed by atoms with Crippen molar-refractivity contribution in [2.75, 3.05) is 42.9 Å². The Hall–Kier alpha value is -2.98. The summed E-state index contributed by atoms with van der Waals surface area (Å²) in [4.78, 5) is 16.1. The minimum absolute atomic E-state index is 0.0509. The van der Waals surface area contributed by atoms with Crippen molar-refractivity contribution in [2.24, 2.45) is 0 Å². The zero-order valence-electron chi connectivity index (χ0n) is 14.1. The summed E-state index contributed by atoms with van der Waals surface area (Å²) >= 11 is 0. The number of hydrogen-bond donors (Lipinski definition) is 1. The quantitative estimate of drug-likeness (QED) is 0.915. The fraction of sp³-hybridized carbons (Fsp3) is 0.263. The van der Waals surface area contributed by atoms with Gasteiger partial charge in [-0.2, -0.15) is 5.26 Å². The van der Waals surface area contributed by atoms with E-state index in [1.807, 2.05) is 15.9 Å². The molecule has 0 saturated carbocycles. The van der Waals surface area contributed by atoms with E-state index in [1.165, 1.54) is 30.3 Å². The van der Waals surface area contributed by atoms with E-state index in [-0.39, 0.29) is 23.8 Å². The molecule has 2 aromatic carbocycles. The van der Waals surface area contributed by atoms with Crippen LogP contribution in [0.2, 0.25) is 0 Å². The zero-order valence-corrected chi connectivity index (χ0v) is 14.1. The van der Waals surface area contributed by atoms with E-state index < -0.39 is 5.82 Å². The third-order valence-electron chi connectivity index (χ3n) is 4.31. The highest BCUT2D eigenvalue weighted by molar-refractivity contribution is 5.92. The Morgan fingerprint density at radius 2 is 1.77 bits per heavy atom. The monoisotopic (exact) mass is 356 g/mol. The van der Waals surface area contributed by atoms with Crippen molar-refractivity contribution >= 4 is 17.3 Å². The maximum atomic E-state index is 13.8. The average molecular weight is 356 g/mol. The number of nitriles is 1. The third kappa shape index (κ3) is 4.16. The highest BCUT2D eigenvalue weighted by Gasteiger charge is 2.22. The summed E-state index contributed by atoms with van der Waals surface area (Å²) in [5, 5.41) is 11.9. The highest BCUT2D eigenvalue weighted by Crippen LogP contribution is 2.23. The average Bonchev–Trinajstić information content (AvgIpc) is 2.64. The van der Waals surface area contributed by atoms with E-state index in [1.54, 1.807) is 12.1 Å². The lowest BCUT2D eigenvalue weighted by Gasteiger charge is -2.36. The first kappa shape index (κ1) is 17.8. The van der Waals surface area contributed by atoms with Gasteiger partial charge in [-0.1, -0.05) is 6.07 Å². The van der Waals surface area contributed by atoms with Gasteiger partial charge < -0.3 is 10.2 Å². The summed E-state index contributed by atoms with van der Waals surface area (Å²) in [5.74, 6) is -1.05. The van der Waals surface area contributed by atoms with Gasteiger partial charge in [0.25, 0.3) is 0 Å². The fourth-order valence-electron chi connectivity index (χ4n) is 2.97. The summed E-state index contributed by atoms with van der Waals surface area (Å²) < 4.78 is 26.6. The van der Waals surface area contributed by atoms with Crippen LogP contribution in [0.3, 0.4) is 0 Å². The van der Waals surface area contributed by atoms with E-state index in [0.29, 0.717) is 37.6 Å². The Labute approximate surface area is 150 Å². The van der Waals surface area contributed by atoms with Crippen molar-refractivity contribution in [3.8, 4) is 6.07 Å². The van der Waals surface area contributed by atoms with Gasteiger partial charge in [0.1, 0.15) is 23.3 Å². The first-order valence-corrected chi connectivity index (χ1v) is 8.28. The Morgan fingerprint density at radius 1 is 1.08 bits per heavy atom. The molecule has 1 amide bonds. The second-order valence-corrected chi connectivity index (χ2v) is 6.06. The molecule has 0 aromatic heterocycles. The topological polar surface area (TPSA) is 59.4 Å². The molecule has 7 heteroatoms. The van der Waals surface area contributed by atoms with E-state index >= 15 is 0 Å². The number of nitrogens with one attached hydrogen (secondary N) is 1. The second kappa shape index (κ2) is 7.93. The summed E-state index contributed by atoms with van der Waals surface area (Å²) in [6.07, 6.45) is 0. The van der Waals surface area contributed by atoms with E-state index in [4.69, 9.17) is 5.26 Å². The molecule has 1 heterocycles. The smallest absolute Gasteiger partial charge is 0.238 e. The molecule has 5 nitrogen and oxygen atoms in total. The van der Waals surface area contributed by atoms with E-state index in [2.05, 4.69) is 5.32 Å². The maximum absolute atomic E-state index is 13.8. The van der Waals surface area contributed by atoms with Gasteiger partial charge in [-0.3, -0.25) is 9.69 Å². The van der Waals surface area contributed by atoms with Gasteiger partial charge in [0.05, 0.1) is 12.2 Å². The van der Waals surface area contributed by atoms with Gasteiger partial charge in [-0.15, -0.1) is 0 Å². The summed E-state index contributed by atoms with van der Waals surface area (Å²) in [6.45, 7) is 2.67. The standard InChI is InChI=1S/C19H18F2N4O/c20-14-4-6-15(7-5-14)23-19(26)13-24-8-10-25(11-9-24)18-3-1-2-17(21)16(18)12-22/h1-7H,8-11,13H2,(H,23,26). The molecule has 1 aliphatic rings. The summed E-state index contributed by atoms with van der Waals surface area (Å²) in [6, 6.07) is 12.1. The Bertz CT molecular complexity index is 824. The largest absolute Gasteiger partial charge is 0.368 e. The van der Waals surface area contributed by atoms with Crippen LogP contribution in [0.1, 0.15) is 5.56 Å². The number of halogens is 2. The molecule has 3 rings (SSSR count). The number of piperazine rings is 1. The number of rotatable bonds is 4. The lowest BCUT2D eigenvalue weighted by molar-refractivity contribution is -0.117. The maximum Gasteiger partial charge on any atom is 0.238 e. The predicted octanol–water partition coefficient (Wildman–Crippen LogP) is 2.60. The molecule has 0 bridgehead atoms. The van der Waals surface area contributed by atoms with Crippen LogP contribution in [-0.4, -0.2) is 43.5 Å². The molecule has 26 heavy (non-hydrogen) atoms. The van der Waals surface area contributed by atoms with Crippen molar-refractivity contribution in [2.45, 2.75) is 0 Å². The Morgan fingerprint density at radius 3 is 2.42 bits per heavy atom. The minimum Gasteiger partial charge on any atom is -0.368 e. The summed E-state index contributed by atoms with van der Waals surface area (Å²) in [7, 11) is 0. The molecule has 0 unspecified atom stereocenters. The van der Waals surface area contributed by atoms with Crippen LogP contribution in [0.5, 0.6) is 0 Å². The SMILES string of the molecule is N#Cc1c(F)cccc1N1CCN(CC(=O)Nc2ccc(F)cc2)CC1. The first-order valence-electron chi connectivity index (χ1n) is 8.28. The number of carbonyl (C=O) groups is 1. The van der Waals surface area contributed by atoms with Crippen molar-refractivity contribution in [1.29, 1.82) is 5.26 Å². The van der Waals surface area contributed by atoms with Gasteiger partial charge in [-0.05, 0) is 36.4 Å². The zero-order chi connectivity index (χ0) is 18.5. The lowest BCUT2D eigenvalue weighted by atomic mass is 10.1. The number of hydrogen-bond acceptors (Lipinski definition) is 4.